The molecule has 0 radical (unpaired) electrons. The van der Waals surface area contributed by atoms with Crippen LogP contribution in [-0.2, 0) is 37.0 Å². The van der Waals surface area contributed by atoms with Crippen molar-refractivity contribution < 1.29 is 0 Å². The van der Waals surface area contributed by atoms with Gasteiger partial charge in [-0.15, -0.1) is 25.3 Å². The third-order valence-electron chi connectivity index (χ3n) is 12.0. The van der Waals surface area contributed by atoms with E-state index in [4.69, 9.17) is 25.3 Å². The maximum atomic E-state index is 5.36. The van der Waals surface area contributed by atoms with Crippen LogP contribution in [0.25, 0.3) is 0 Å². The molecule has 0 atom stereocenters. The zero-order valence-corrected chi connectivity index (χ0v) is 41.6. The minimum Gasteiger partial charge on any atom is -0.301 e. The van der Waals surface area contributed by atoms with E-state index >= 15 is 0 Å². The monoisotopic (exact) mass is 839 g/mol. The van der Waals surface area contributed by atoms with E-state index in [9.17, 15) is 0 Å². The molecule has 0 spiro atoms. The molecule has 3 rings (SSSR count). The minimum atomic E-state index is 0.0751. The summed E-state index contributed by atoms with van der Waals surface area (Å²) in [4.78, 5) is 18.7. The molecular formula is C50H90N6S2. The Morgan fingerprint density at radius 3 is 0.741 bits per heavy atom. The van der Waals surface area contributed by atoms with Crippen LogP contribution in [0.15, 0.2) is 34.1 Å². The molecular weight excluding hydrogens is 749 g/mol. The maximum Gasteiger partial charge on any atom is 0.0245 e. The van der Waals surface area contributed by atoms with Gasteiger partial charge in [0.05, 0.1) is 0 Å². The van der Waals surface area contributed by atoms with E-state index in [1.807, 2.05) is 0 Å². The van der Waals surface area contributed by atoms with Gasteiger partial charge in [0.2, 0.25) is 0 Å². The number of nitrogens with zero attached hydrogens (tertiary/aromatic N) is 6. The summed E-state index contributed by atoms with van der Waals surface area (Å²) < 4.78 is 0. The molecule has 1 aliphatic rings. The zero-order chi connectivity index (χ0) is 42.9. The Morgan fingerprint density at radius 1 is 0.362 bits per heavy atom. The molecule has 1 aliphatic heterocycles. The smallest absolute Gasteiger partial charge is 0.0245 e. The normalized spacial score (nSPS) is 18.4. The Morgan fingerprint density at radius 2 is 0.552 bits per heavy atom. The largest absolute Gasteiger partial charge is 0.301 e. The number of benzene rings is 2. The van der Waals surface area contributed by atoms with Gasteiger partial charge >= 0.3 is 0 Å². The fraction of sp³-hybridized carbons (Fsp3) is 0.760. The van der Waals surface area contributed by atoms with Gasteiger partial charge < -0.3 is 9.80 Å². The molecule has 0 fully saturated rings. The van der Waals surface area contributed by atoms with E-state index < -0.39 is 0 Å². The van der Waals surface area contributed by atoms with Gasteiger partial charge in [0.25, 0.3) is 0 Å². The van der Waals surface area contributed by atoms with Crippen LogP contribution in [0.1, 0.15) is 155 Å². The number of rotatable bonds is 12. The Labute approximate surface area is 370 Å². The Kier molecular flexibility index (Phi) is 22.7. The van der Waals surface area contributed by atoms with Crippen molar-refractivity contribution in [3.8, 4) is 0 Å². The predicted octanol–water partition coefficient (Wildman–Crippen LogP) is 10.8. The van der Waals surface area contributed by atoms with Crippen LogP contribution >= 0.6 is 25.3 Å². The van der Waals surface area contributed by atoms with Crippen LogP contribution in [0.2, 0.25) is 0 Å². The molecule has 2 aromatic carbocycles. The summed E-state index contributed by atoms with van der Waals surface area (Å²) in [5, 5.41) is 0. The summed E-state index contributed by atoms with van der Waals surface area (Å²) in [6, 6.07) is 9.93. The fourth-order valence-corrected chi connectivity index (χ4v) is 9.15. The molecule has 4 bridgehead atoms. The first-order valence-corrected chi connectivity index (χ1v) is 24.5. The summed E-state index contributed by atoms with van der Waals surface area (Å²) in [7, 11) is 0. The van der Waals surface area contributed by atoms with Gasteiger partial charge in [0.15, 0.2) is 0 Å². The third kappa shape index (κ3) is 17.0. The molecule has 0 amide bonds. The molecule has 1 heterocycles. The third-order valence-corrected chi connectivity index (χ3v) is 13.2. The second kappa shape index (κ2) is 25.7. The van der Waals surface area contributed by atoms with Gasteiger partial charge in [-0.3, -0.25) is 19.6 Å². The van der Waals surface area contributed by atoms with Crippen LogP contribution < -0.4 is 0 Å². The minimum absolute atomic E-state index is 0.0751. The first kappa shape index (κ1) is 51.3. The van der Waals surface area contributed by atoms with Crippen LogP contribution in [0, 0.1) is 0 Å². The van der Waals surface area contributed by atoms with E-state index in [1.54, 1.807) is 0 Å². The summed E-state index contributed by atoms with van der Waals surface area (Å²) in [6.07, 6.45) is 6.97. The van der Waals surface area contributed by atoms with Crippen molar-refractivity contribution >= 4 is 25.3 Å². The molecule has 8 heteroatoms. The summed E-state index contributed by atoms with van der Waals surface area (Å²) >= 11 is 10.7. The van der Waals surface area contributed by atoms with Crippen LogP contribution in [0.5, 0.6) is 0 Å². The van der Waals surface area contributed by atoms with Crippen molar-refractivity contribution in [2.24, 2.45) is 0 Å². The van der Waals surface area contributed by atoms with Gasteiger partial charge in [-0.05, 0) is 122 Å². The van der Waals surface area contributed by atoms with Crippen molar-refractivity contribution in [3.63, 3.8) is 0 Å². The lowest BCUT2D eigenvalue weighted by Gasteiger charge is -2.33. The van der Waals surface area contributed by atoms with E-state index in [1.165, 1.54) is 56.0 Å². The average molecular weight is 839 g/mol. The molecule has 6 nitrogen and oxygen atoms in total. The summed E-state index contributed by atoms with van der Waals surface area (Å²) in [5.41, 5.74) is 8.58. The van der Waals surface area contributed by atoms with Gasteiger partial charge in [0.1, 0.15) is 0 Å². The predicted molar refractivity (Wildman–Crippen MR) is 261 cm³/mol. The van der Waals surface area contributed by atoms with Gasteiger partial charge in [-0.1, -0.05) is 107 Å². The van der Waals surface area contributed by atoms with Crippen molar-refractivity contribution in [1.29, 1.82) is 0 Å². The highest BCUT2D eigenvalue weighted by atomic mass is 32.1. The van der Waals surface area contributed by atoms with E-state index in [2.05, 4.69) is 137 Å². The molecule has 58 heavy (non-hydrogen) atoms. The number of thiol groups is 2. The zero-order valence-electron chi connectivity index (χ0n) is 39.9. The lowest BCUT2D eigenvalue weighted by molar-refractivity contribution is 0.165. The molecule has 2 aromatic rings. The number of fused-ring (bicyclic) bond motifs is 4. The highest BCUT2D eigenvalue weighted by Crippen LogP contribution is 2.33. The Bertz CT molecular complexity index is 1270. The standard InChI is InChI=1S/C50H90N6S2/c1-13-19-51-25-29-53(21-15-3)37-41-33-45(49(7,8)9)35-43(47(41)57)39-55(23-17-5)31-27-52(20-14-2)28-32-56(24-18-6)40-44-36-46(50(10,11)12)34-42(48(44)58)38-54(22-16-4)30-26-51/h33-36,57-58H,13-32,37-40H2,1-12H3. The van der Waals surface area contributed by atoms with Crippen molar-refractivity contribution in [3.05, 3.63) is 57.6 Å². The molecule has 0 aliphatic carbocycles. The fourth-order valence-electron chi connectivity index (χ4n) is 8.61. The maximum absolute atomic E-state index is 5.36. The lowest BCUT2D eigenvalue weighted by atomic mass is 9.84. The van der Waals surface area contributed by atoms with Gasteiger partial charge in [-0.2, -0.15) is 0 Å². The second-order valence-electron chi connectivity index (χ2n) is 19.6. The summed E-state index contributed by atoms with van der Waals surface area (Å²) in [5.74, 6) is 0. The summed E-state index contributed by atoms with van der Waals surface area (Å²) in [6.45, 7) is 47.4. The van der Waals surface area contributed by atoms with Crippen molar-refractivity contribution in [2.45, 2.75) is 168 Å². The quantitative estimate of drug-likeness (QED) is 0.206. The van der Waals surface area contributed by atoms with Gasteiger partial charge in [0, 0.05) is 88.3 Å². The van der Waals surface area contributed by atoms with E-state index in [0.717, 1.165) is 143 Å². The molecule has 0 saturated heterocycles. The number of hydrogen-bond donors (Lipinski definition) is 2. The first-order valence-electron chi connectivity index (χ1n) is 23.6. The van der Waals surface area contributed by atoms with Crippen molar-refractivity contribution in [1.82, 2.24) is 29.4 Å². The van der Waals surface area contributed by atoms with Crippen LogP contribution in [0.4, 0.5) is 0 Å². The van der Waals surface area contributed by atoms with Crippen LogP contribution in [-0.4, -0.2) is 121 Å². The Balaban J connectivity index is 2.11. The molecule has 332 valence electrons. The van der Waals surface area contributed by atoms with Gasteiger partial charge in [-0.25, -0.2) is 0 Å². The van der Waals surface area contributed by atoms with Crippen LogP contribution in [0.3, 0.4) is 0 Å². The molecule has 0 N–H and O–H groups in total. The SMILES string of the molecule is CCCN1CCN(CCC)Cc2cc(C(C)(C)C)cc(c2S)CN(CCC)CCN(CCC)CCN(CCC)Cc2cc(C(C)(C)C)cc(c2S)CN(CCC)CC1. The Hall–Kier alpha value is -1.10. The molecule has 0 aromatic heterocycles. The average Bonchev–Trinajstić information content (AvgIpc) is 3.15. The highest BCUT2D eigenvalue weighted by molar-refractivity contribution is 7.80. The molecule has 0 saturated carbocycles. The molecule has 0 unspecified atom stereocenters. The second-order valence-corrected chi connectivity index (χ2v) is 20.5. The highest BCUT2D eigenvalue weighted by Gasteiger charge is 2.23. The lowest BCUT2D eigenvalue weighted by Crippen LogP contribution is -2.41. The van der Waals surface area contributed by atoms with Crippen molar-refractivity contribution in [2.75, 3.05) is 91.6 Å². The first-order chi connectivity index (χ1) is 27.6. The number of hydrogen-bond acceptors (Lipinski definition) is 8. The topological polar surface area (TPSA) is 19.4 Å². The van der Waals surface area contributed by atoms with E-state index in [-0.39, 0.29) is 10.8 Å². The van der Waals surface area contributed by atoms with E-state index in [0.29, 0.717) is 0 Å².